The van der Waals surface area contributed by atoms with Gasteiger partial charge in [-0.15, -0.1) is 0 Å². The van der Waals surface area contributed by atoms with Crippen molar-refractivity contribution in [2.75, 3.05) is 6.54 Å². The summed E-state index contributed by atoms with van der Waals surface area (Å²) in [6.45, 7) is 9.02. The number of aromatic nitrogens is 1. The Balaban J connectivity index is 2.86. The highest BCUT2D eigenvalue weighted by Crippen LogP contribution is 2.22. The number of carboxylic acid groups (broad SMARTS) is 1. The molecule has 0 aliphatic carbocycles. The highest BCUT2D eigenvalue weighted by atomic mass is 16.4. The number of hydrogen-bond acceptors (Lipinski definition) is 2. The van der Waals surface area contributed by atoms with Crippen molar-refractivity contribution in [3.8, 4) is 0 Å². The Bertz CT molecular complexity index is 383. The summed E-state index contributed by atoms with van der Waals surface area (Å²) in [7, 11) is 0. The van der Waals surface area contributed by atoms with E-state index < -0.39 is 11.4 Å². The predicted molar refractivity (Wildman–Crippen MR) is 67.9 cm³/mol. The normalized spacial score (nSPS) is 13.6. The quantitative estimate of drug-likeness (QED) is 0.799. The van der Waals surface area contributed by atoms with E-state index in [1.165, 1.54) is 0 Å². The van der Waals surface area contributed by atoms with Crippen molar-refractivity contribution in [1.82, 2.24) is 9.88 Å². The fraction of sp³-hybridized carbons (Fsp3) is 0.615. The molecule has 96 valence electrons. The maximum atomic E-state index is 11.1. The molecule has 2 N–H and O–H groups in total. The molecule has 0 aromatic carbocycles. The first kappa shape index (κ1) is 13.8. The van der Waals surface area contributed by atoms with Gasteiger partial charge in [0.1, 0.15) is 0 Å². The van der Waals surface area contributed by atoms with Gasteiger partial charge in [-0.2, -0.15) is 0 Å². The van der Waals surface area contributed by atoms with E-state index in [-0.39, 0.29) is 6.04 Å². The van der Waals surface area contributed by atoms with Gasteiger partial charge in [0.05, 0.1) is 5.41 Å². The van der Waals surface area contributed by atoms with Crippen LogP contribution in [0.3, 0.4) is 0 Å². The lowest BCUT2D eigenvalue weighted by Gasteiger charge is -2.23. The molecule has 0 radical (unpaired) electrons. The molecule has 1 aromatic rings. The number of aliphatic carboxylic acids is 1. The number of carbonyl (C=O) groups is 1. The minimum absolute atomic E-state index is 0.236. The summed E-state index contributed by atoms with van der Waals surface area (Å²) in [5.41, 5.74) is 0.376. The van der Waals surface area contributed by atoms with Gasteiger partial charge in [0.2, 0.25) is 0 Å². The van der Waals surface area contributed by atoms with Crippen molar-refractivity contribution in [1.29, 1.82) is 0 Å². The van der Waals surface area contributed by atoms with E-state index in [0.717, 1.165) is 12.2 Å². The first-order valence-electron chi connectivity index (χ1n) is 6.00. The van der Waals surface area contributed by atoms with Crippen molar-refractivity contribution in [3.63, 3.8) is 0 Å². The third-order valence-electron chi connectivity index (χ3n) is 2.96. The van der Waals surface area contributed by atoms with Gasteiger partial charge in [-0.25, -0.2) is 0 Å². The highest BCUT2D eigenvalue weighted by molar-refractivity contribution is 5.73. The Kier molecular flexibility index (Phi) is 4.34. The zero-order chi connectivity index (χ0) is 13.1. The molecular formula is C13H22N2O2. The Labute approximate surface area is 103 Å². The molecule has 0 amide bonds. The van der Waals surface area contributed by atoms with Crippen LogP contribution in [0.2, 0.25) is 0 Å². The lowest BCUT2D eigenvalue weighted by Crippen LogP contribution is -2.31. The predicted octanol–water partition coefficient (Wildman–Crippen LogP) is 2.27. The highest BCUT2D eigenvalue weighted by Gasteiger charge is 2.28. The minimum atomic E-state index is -0.770. The SMILES string of the molecule is CCNC(C)c1cccn1CC(C)(C)C(=O)O. The molecule has 1 heterocycles. The van der Waals surface area contributed by atoms with Crippen LogP contribution in [-0.4, -0.2) is 22.2 Å². The third-order valence-corrected chi connectivity index (χ3v) is 2.96. The Morgan fingerprint density at radius 1 is 1.59 bits per heavy atom. The van der Waals surface area contributed by atoms with E-state index in [2.05, 4.69) is 19.2 Å². The number of nitrogens with zero attached hydrogens (tertiary/aromatic N) is 1. The average molecular weight is 238 g/mol. The summed E-state index contributed by atoms with van der Waals surface area (Å²) in [6.07, 6.45) is 1.94. The molecule has 1 aromatic heterocycles. The van der Waals surface area contributed by atoms with Crippen molar-refractivity contribution in [2.24, 2.45) is 5.41 Å². The second-order valence-electron chi connectivity index (χ2n) is 5.03. The van der Waals surface area contributed by atoms with E-state index in [9.17, 15) is 4.79 Å². The Hall–Kier alpha value is -1.29. The summed E-state index contributed by atoms with van der Waals surface area (Å²) in [5, 5.41) is 12.5. The monoisotopic (exact) mass is 238 g/mol. The number of rotatable bonds is 6. The lowest BCUT2D eigenvalue weighted by molar-refractivity contribution is -0.147. The van der Waals surface area contributed by atoms with Crippen molar-refractivity contribution in [3.05, 3.63) is 24.0 Å². The number of hydrogen-bond donors (Lipinski definition) is 2. The molecular weight excluding hydrogens is 216 g/mol. The van der Waals surface area contributed by atoms with Crippen LogP contribution >= 0.6 is 0 Å². The smallest absolute Gasteiger partial charge is 0.310 e. The molecule has 0 saturated carbocycles. The van der Waals surface area contributed by atoms with E-state index >= 15 is 0 Å². The molecule has 1 atom stereocenters. The molecule has 1 rings (SSSR count). The molecule has 0 spiro atoms. The summed E-state index contributed by atoms with van der Waals surface area (Å²) in [4.78, 5) is 11.1. The molecule has 0 fully saturated rings. The van der Waals surface area contributed by atoms with Gasteiger partial charge < -0.3 is 15.0 Å². The van der Waals surface area contributed by atoms with Crippen LogP contribution in [0.25, 0.3) is 0 Å². The summed E-state index contributed by atoms with van der Waals surface area (Å²) < 4.78 is 2.02. The maximum Gasteiger partial charge on any atom is 0.310 e. The molecule has 0 saturated heterocycles. The van der Waals surface area contributed by atoms with Gasteiger partial charge in [-0.05, 0) is 39.4 Å². The standard InChI is InChI=1S/C13H22N2O2/c1-5-14-10(2)11-7-6-8-15(11)9-13(3,4)12(16)17/h6-8,10,14H,5,9H2,1-4H3,(H,16,17). The molecule has 0 aliphatic heterocycles. The summed E-state index contributed by atoms with van der Waals surface area (Å²) >= 11 is 0. The van der Waals surface area contributed by atoms with Crippen LogP contribution in [0.1, 0.15) is 39.4 Å². The van der Waals surface area contributed by atoms with E-state index in [1.807, 2.05) is 22.9 Å². The van der Waals surface area contributed by atoms with Gasteiger partial charge >= 0.3 is 5.97 Å². The number of carboxylic acids is 1. The third kappa shape index (κ3) is 3.33. The largest absolute Gasteiger partial charge is 0.481 e. The van der Waals surface area contributed by atoms with E-state index in [0.29, 0.717) is 6.54 Å². The average Bonchev–Trinajstić information content (AvgIpc) is 2.65. The Morgan fingerprint density at radius 2 is 2.24 bits per heavy atom. The van der Waals surface area contributed by atoms with Gasteiger partial charge in [0.15, 0.2) is 0 Å². The minimum Gasteiger partial charge on any atom is -0.481 e. The fourth-order valence-electron chi connectivity index (χ4n) is 1.87. The second kappa shape index (κ2) is 5.36. The van der Waals surface area contributed by atoms with Gasteiger partial charge in [-0.1, -0.05) is 6.92 Å². The van der Waals surface area contributed by atoms with Crippen molar-refractivity contribution < 1.29 is 9.90 Å². The topological polar surface area (TPSA) is 54.3 Å². The Morgan fingerprint density at radius 3 is 2.76 bits per heavy atom. The lowest BCUT2D eigenvalue weighted by atomic mass is 9.93. The van der Waals surface area contributed by atoms with Crippen molar-refractivity contribution in [2.45, 2.75) is 40.3 Å². The molecule has 17 heavy (non-hydrogen) atoms. The van der Waals surface area contributed by atoms with Crippen LogP contribution in [-0.2, 0) is 11.3 Å². The summed E-state index contributed by atoms with van der Waals surface area (Å²) in [5.74, 6) is -0.770. The van der Waals surface area contributed by atoms with Gasteiger partial charge in [0.25, 0.3) is 0 Å². The maximum absolute atomic E-state index is 11.1. The first-order chi connectivity index (χ1) is 7.88. The zero-order valence-corrected chi connectivity index (χ0v) is 11.0. The fourth-order valence-corrected chi connectivity index (χ4v) is 1.87. The molecule has 1 unspecified atom stereocenters. The van der Waals surface area contributed by atoms with Gasteiger partial charge in [-0.3, -0.25) is 4.79 Å². The van der Waals surface area contributed by atoms with Crippen LogP contribution < -0.4 is 5.32 Å². The van der Waals surface area contributed by atoms with Crippen LogP contribution in [0.15, 0.2) is 18.3 Å². The molecule has 4 heteroatoms. The van der Waals surface area contributed by atoms with E-state index in [4.69, 9.17) is 5.11 Å². The zero-order valence-electron chi connectivity index (χ0n) is 11.0. The van der Waals surface area contributed by atoms with Crippen LogP contribution in [0.5, 0.6) is 0 Å². The second-order valence-corrected chi connectivity index (χ2v) is 5.03. The summed E-state index contributed by atoms with van der Waals surface area (Å²) in [6, 6.07) is 4.23. The molecule has 4 nitrogen and oxygen atoms in total. The molecule has 0 bridgehead atoms. The molecule has 0 aliphatic rings. The van der Waals surface area contributed by atoms with Crippen molar-refractivity contribution >= 4 is 5.97 Å². The number of nitrogens with one attached hydrogen (secondary N) is 1. The van der Waals surface area contributed by atoms with E-state index in [1.54, 1.807) is 13.8 Å². The van der Waals surface area contributed by atoms with Crippen LogP contribution in [0.4, 0.5) is 0 Å². The van der Waals surface area contributed by atoms with Gasteiger partial charge in [0, 0.05) is 24.5 Å². The van der Waals surface area contributed by atoms with Crippen LogP contribution in [0, 0.1) is 5.41 Å². The first-order valence-corrected chi connectivity index (χ1v) is 6.00.